The lowest BCUT2D eigenvalue weighted by molar-refractivity contribution is 0.0734. The zero-order chi connectivity index (χ0) is 13.7. The van der Waals surface area contributed by atoms with Crippen LogP contribution in [-0.2, 0) is 0 Å². The van der Waals surface area contributed by atoms with Crippen molar-refractivity contribution in [3.63, 3.8) is 0 Å². The van der Waals surface area contributed by atoms with E-state index in [0.717, 1.165) is 10.6 Å². The molecule has 0 amide bonds. The van der Waals surface area contributed by atoms with Crippen LogP contribution >= 0.6 is 12.6 Å². The molecule has 2 aromatic rings. The summed E-state index contributed by atoms with van der Waals surface area (Å²) in [6.07, 6.45) is 0. The van der Waals surface area contributed by atoms with Gasteiger partial charge >= 0.3 is 5.97 Å². The van der Waals surface area contributed by atoms with Gasteiger partial charge in [-0.15, -0.1) is 12.6 Å². The fourth-order valence-electron chi connectivity index (χ4n) is 1.53. The maximum Gasteiger partial charge on any atom is 0.343 e. The van der Waals surface area contributed by atoms with E-state index in [-0.39, 0.29) is 0 Å². The highest BCUT2D eigenvalue weighted by molar-refractivity contribution is 7.80. The first-order chi connectivity index (χ1) is 9.19. The van der Waals surface area contributed by atoms with E-state index in [0.29, 0.717) is 17.9 Å². The molecule has 0 aliphatic heterocycles. The predicted octanol–water partition coefficient (Wildman–Crippen LogP) is 3.59. The number of ether oxygens (including phenoxy) is 2. The second kappa shape index (κ2) is 6.29. The summed E-state index contributed by atoms with van der Waals surface area (Å²) in [4.78, 5) is 12.7. The van der Waals surface area contributed by atoms with Crippen LogP contribution in [0.5, 0.6) is 11.5 Å². The Morgan fingerprint density at radius 2 is 1.58 bits per heavy atom. The molecule has 0 saturated carbocycles. The highest BCUT2D eigenvalue weighted by atomic mass is 32.1. The molecule has 0 aromatic heterocycles. The Hall–Kier alpha value is -1.94. The maximum atomic E-state index is 11.9. The van der Waals surface area contributed by atoms with Gasteiger partial charge in [0.05, 0.1) is 12.2 Å². The molecule has 0 unspecified atom stereocenters. The lowest BCUT2D eigenvalue weighted by Crippen LogP contribution is -2.08. The van der Waals surface area contributed by atoms with E-state index < -0.39 is 5.97 Å². The standard InChI is InChI=1S/C15H14O3S/c1-2-17-12-5-3-11(4-6-12)15(16)18-13-7-9-14(19)10-8-13/h3-10,19H,2H2,1H3. The lowest BCUT2D eigenvalue weighted by atomic mass is 10.2. The molecule has 0 fully saturated rings. The molecule has 0 atom stereocenters. The molecule has 3 nitrogen and oxygen atoms in total. The van der Waals surface area contributed by atoms with Crippen molar-refractivity contribution < 1.29 is 14.3 Å². The number of benzene rings is 2. The average Bonchev–Trinajstić information content (AvgIpc) is 2.42. The Kier molecular flexibility index (Phi) is 4.47. The Balaban J connectivity index is 2.05. The van der Waals surface area contributed by atoms with Crippen LogP contribution in [0.4, 0.5) is 0 Å². The van der Waals surface area contributed by atoms with Crippen LogP contribution in [0.2, 0.25) is 0 Å². The van der Waals surface area contributed by atoms with Gasteiger partial charge in [0.2, 0.25) is 0 Å². The molecular formula is C15H14O3S. The molecule has 0 bridgehead atoms. The first kappa shape index (κ1) is 13.5. The van der Waals surface area contributed by atoms with Crippen LogP contribution < -0.4 is 9.47 Å². The zero-order valence-corrected chi connectivity index (χ0v) is 11.4. The van der Waals surface area contributed by atoms with E-state index in [1.807, 2.05) is 6.92 Å². The van der Waals surface area contributed by atoms with Gasteiger partial charge < -0.3 is 9.47 Å². The van der Waals surface area contributed by atoms with Crippen LogP contribution in [0.15, 0.2) is 53.4 Å². The summed E-state index contributed by atoms with van der Waals surface area (Å²) in [6, 6.07) is 13.8. The maximum absolute atomic E-state index is 11.9. The van der Waals surface area contributed by atoms with Crippen molar-refractivity contribution in [2.45, 2.75) is 11.8 Å². The van der Waals surface area contributed by atoms with Crippen LogP contribution in [-0.4, -0.2) is 12.6 Å². The summed E-state index contributed by atoms with van der Waals surface area (Å²) in [5, 5.41) is 0. The van der Waals surface area contributed by atoms with Crippen LogP contribution in [0, 0.1) is 0 Å². The highest BCUT2D eigenvalue weighted by Gasteiger charge is 2.08. The highest BCUT2D eigenvalue weighted by Crippen LogP contribution is 2.17. The van der Waals surface area contributed by atoms with Gasteiger partial charge in [0.25, 0.3) is 0 Å². The van der Waals surface area contributed by atoms with E-state index >= 15 is 0 Å². The molecule has 0 aliphatic rings. The van der Waals surface area contributed by atoms with E-state index in [1.165, 1.54) is 0 Å². The zero-order valence-electron chi connectivity index (χ0n) is 10.5. The van der Waals surface area contributed by atoms with Gasteiger partial charge in [-0.05, 0) is 55.5 Å². The molecule has 0 N–H and O–H groups in total. The molecule has 0 saturated heterocycles. The van der Waals surface area contributed by atoms with Crippen LogP contribution in [0.3, 0.4) is 0 Å². The average molecular weight is 274 g/mol. The fourth-order valence-corrected chi connectivity index (χ4v) is 1.68. The van der Waals surface area contributed by atoms with Crippen LogP contribution in [0.25, 0.3) is 0 Å². The molecule has 0 heterocycles. The van der Waals surface area contributed by atoms with Crippen molar-refractivity contribution in [3.8, 4) is 11.5 Å². The number of thiol groups is 1. The molecule has 98 valence electrons. The molecule has 0 spiro atoms. The number of carbonyl (C=O) groups is 1. The van der Waals surface area contributed by atoms with Crippen molar-refractivity contribution in [2.24, 2.45) is 0 Å². The first-order valence-electron chi connectivity index (χ1n) is 5.93. The second-order valence-electron chi connectivity index (χ2n) is 3.84. The summed E-state index contributed by atoms with van der Waals surface area (Å²) in [6.45, 7) is 2.51. The largest absolute Gasteiger partial charge is 0.494 e. The third-order valence-electron chi connectivity index (χ3n) is 2.45. The van der Waals surface area contributed by atoms with Crippen molar-refractivity contribution in [3.05, 3.63) is 54.1 Å². The van der Waals surface area contributed by atoms with E-state index in [4.69, 9.17) is 9.47 Å². The molecule has 19 heavy (non-hydrogen) atoms. The molecular weight excluding hydrogens is 260 g/mol. The number of hydrogen-bond acceptors (Lipinski definition) is 4. The lowest BCUT2D eigenvalue weighted by Gasteiger charge is -2.06. The predicted molar refractivity (Wildman–Crippen MR) is 76.3 cm³/mol. The number of hydrogen-bond donors (Lipinski definition) is 1. The van der Waals surface area contributed by atoms with Gasteiger partial charge in [0.15, 0.2) is 0 Å². The quantitative estimate of drug-likeness (QED) is 0.526. The van der Waals surface area contributed by atoms with Gasteiger partial charge in [-0.2, -0.15) is 0 Å². The van der Waals surface area contributed by atoms with E-state index in [9.17, 15) is 4.79 Å². The summed E-state index contributed by atoms with van der Waals surface area (Å²) in [7, 11) is 0. The minimum Gasteiger partial charge on any atom is -0.494 e. The topological polar surface area (TPSA) is 35.5 Å². The van der Waals surface area contributed by atoms with Crippen LogP contribution in [0.1, 0.15) is 17.3 Å². The number of rotatable bonds is 4. The monoisotopic (exact) mass is 274 g/mol. The van der Waals surface area contributed by atoms with Gasteiger partial charge in [0.1, 0.15) is 11.5 Å². The minimum absolute atomic E-state index is 0.394. The fraction of sp³-hybridized carbons (Fsp3) is 0.133. The summed E-state index contributed by atoms with van der Waals surface area (Å²) in [5.74, 6) is 0.838. The molecule has 0 aliphatic carbocycles. The normalized spacial score (nSPS) is 10.0. The van der Waals surface area contributed by atoms with Crippen molar-refractivity contribution >= 4 is 18.6 Å². The number of esters is 1. The van der Waals surface area contributed by atoms with Gasteiger partial charge in [-0.25, -0.2) is 4.79 Å². The van der Waals surface area contributed by atoms with E-state index in [1.54, 1.807) is 48.5 Å². The minimum atomic E-state index is -0.394. The Morgan fingerprint density at radius 1 is 1.00 bits per heavy atom. The van der Waals surface area contributed by atoms with Gasteiger partial charge in [-0.1, -0.05) is 0 Å². The van der Waals surface area contributed by atoms with Gasteiger partial charge in [-0.3, -0.25) is 0 Å². The Morgan fingerprint density at radius 3 is 2.16 bits per heavy atom. The van der Waals surface area contributed by atoms with Crippen molar-refractivity contribution in [2.75, 3.05) is 6.61 Å². The van der Waals surface area contributed by atoms with Gasteiger partial charge in [0, 0.05) is 4.90 Å². The third kappa shape index (κ3) is 3.76. The summed E-state index contributed by atoms with van der Waals surface area (Å²) < 4.78 is 10.6. The second-order valence-corrected chi connectivity index (χ2v) is 4.36. The molecule has 4 heteroatoms. The molecule has 2 aromatic carbocycles. The SMILES string of the molecule is CCOc1ccc(C(=O)Oc2ccc(S)cc2)cc1. The Labute approximate surface area is 117 Å². The summed E-state index contributed by atoms with van der Waals surface area (Å²) >= 11 is 4.17. The Bertz CT molecular complexity index is 547. The number of carbonyl (C=O) groups excluding carboxylic acids is 1. The smallest absolute Gasteiger partial charge is 0.343 e. The molecule has 2 rings (SSSR count). The third-order valence-corrected chi connectivity index (χ3v) is 2.75. The summed E-state index contributed by atoms with van der Waals surface area (Å²) in [5.41, 5.74) is 0.485. The van der Waals surface area contributed by atoms with Crippen molar-refractivity contribution in [1.82, 2.24) is 0 Å². The molecule has 0 radical (unpaired) electrons. The van der Waals surface area contributed by atoms with Crippen molar-refractivity contribution in [1.29, 1.82) is 0 Å². The van der Waals surface area contributed by atoms with E-state index in [2.05, 4.69) is 12.6 Å². The first-order valence-corrected chi connectivity index (χ1v) is 6.38.